The fourth-order valence-electron chi connectivity index (χ4n) is 2.07. The molecule has 0 aliphatic rings. The molecular formula is C14H29N7. The van der Waals surface area contributed by atoms with Crippen molar-refractivity contribution in [1.82, 2.24) is 19.9 Å². The summed E-state index contributed by atoms with van der Waals surface area (Å²) in [5.41, 5.74) is 0. The first kappa shape index (κ1) is 17.4. The summed E-state index contributed by atoms with van der Waals surface area (Å²) in [7, 11) is 1.82. The Labute approximate surface area is 128 Å². The van der Waals surface area contributed by atoms with E-state index in [9.17, 15) is 0 Å². The summed E-state index contributed by atoms with van der Waals surface area (Å²) in [5.74, 6) is 1.94. The molecule has 0 radical (unpaired) electrons. The minimum Gasteiger partial charge on any atom is -0.357 e. The number of nitrogens with zero attached hydrogens (tertiary/aromatic N) is 5. The first-order valence-corrected chi connectivity index (χ1v) is 7.83. The maximum absolute atomic E-state index is 4.51. The lowest BCUT2D eigenvalue weighted by Crippen LogP contribution is -2.29. The Hall–Kier alpha value is -1.63. The minimum atomic E-state index is 0.595. The van der Waals surface area contributed by atoms with Crippen LogP contribution < -0.4 is 15.5 Å². The number of hydrogen-bond donors (Lipinski definition) is 2. The molecule has 7 heteroatoms. The second-order valence-corrected chi connectivity index (χ2v) is 4.66. The highest BCUT2D eigenvalue weighted by atomic mass is 15.3. The standard InChI is InChI=1S/C14H29N7/c1-6-20(7-2)11-10-16-13-17-12(15-5)18-14(19-13)21(8-3)9-4/h6-11H2,1-5H3,(H2,15,16,17,18,19). The summed E-state index contributed by atoms with van der Waals surface area (Å²) in [4.78, 5) is 17.7. The normalized spacial score (nSPS) is 10.8. The second-order valence-electron chi connectivity index (χ2n) is 4.66. The van der Waals surface area contributed by atoms with Crippen molar-refractivity contribution in [2.24, 2.45) is 0 Å². The zero-order valence-corrected chi connectivity index (χ0v) is 14.0. The fourth-order valence-corrected chi connectivity index (χ4v) is 2.07. The van der Waals surface area contributed by atoms with Gasteiger partial charge in [0.25, 0.3) is 0 Å². The minimum absolute atomic E-state index is 0.595. The van der Waals surface area contributed by atoms with Crippen LogP contribution >= 0.6 is 0 Å². The molecule has 0 bridgehead atoms. The van der Waals surface area contributed by atoms with Crippen LogP contribution in [-0.2, 0) is 0 Å². The van der Waals surface area contributed by atoms with Crippen LogP contribution in [0.5, 0.6) is 0 Å². The maximum atomic E-state index is 4.51. The molecule has 0 saturated heterocycles. The Morgan fingerprint density at radius 2 is 1.48 bits per heavy atom. The van der Waals surface area contributed by atoms with Crippen molar-refractivity contribution in [2.75, 3.05) is 61.8 Å². The van der Waals surface area contributed by atoms with Crippen LogP contribution in [0.2, 0.25) is 0 Å². The van der Waals surface area contributed by atoms with Crippen molar-refractivity contribution in [1.29, 1.82) is 0 Å². The number of nitrogens with one attached hydrogen (secondary N) is 2. The lowest BCUT2D eigenvalue weighted by atomic mass is 10.4. The Kier molecular flexibility index (Phi) is 7.74. The summed E-state index contributed by atoms with van der Waals surface area (Å²) in [5, 5.41) is 6.28. The summed E-state index contributed by atoms with van der Waals surface area (Å²) < 4.78 is 0. The lowest BCUT2D eigenvalue weighted by molar-refractivity contribution is 0.316. The lowest BCUT2D eigenvalue weighted by Gasteiger charge is -2.20. The van der Waals surface area contributed by atoms with Gasteiger partial charge in [0.05, 0.1) is 0 Å². The molecule has 0 fully saturated rings. The van der Waals surface area contributed by atoms with Gasteiger partial charge in [0.2, 0.25) is 17.8 Å². The van der Waals surface area contributed by atoms with Crippen molar-refractivity contribution in [3.8, 4) is 0 Å². The zero-order chi connectivity index (χ0) is 15.7. The number of rotatable bonds is 10. The molecule has 2 N–H and O–H groups in total. The molecule has 1 aromatic rings. The molecule has 21 heavy (non-hydrogen) atoms. The molecule has 7 nitrogen and oxygen atoms in total. The summed E-state index contributed by atoms with van der Waals surface area (Å²) in [6.45, 7) is 14.2. The molecule has 0 aliphatic heterocycles. The van der Waals surface area contributed by atoms with Crippen LogP contribution in [0.4, 0.5) is 17.8 Å². The van der Waals surface area contributed by atoms with E-state index in [0.29, 0.717) is 17.8 Å². The molecule has 1 rings (SSSR count). The van der Waals surface area contributed by atoms with Gasteiger partial charge in [-0.15, -0.1) is 0 Å². The third kappa shape index (κ3) is 5.34. The van der Waals surface area contributed by atoms with Gasteiger partial charge in [-0.05, 0) is 26.9 Å². The van der Waals surface area contributed by atoms with Crippen LogP contribution in [0.3, 0.4) is 0 Å². The van der Waals surface area contributed by atoms with Gasteiger partial charge in [-0.2, -0.15) is 15.0 Å². The number of likely N-dealkylation sites (N-methyl/N-ethyl adjacent to an activating group) is 1. The molecule has 0 aliphatic carbocycles. The third-order valence-corrected chi connectivity index (χ3v) is 3.50. The van der Waals surface area contributed by atoms with E-state index in [-0.39, 0.29) is 0 Å². The first-order valence-electron chi connectivity index (χ1n) is 7.83. The van der Waals surface area contributed by atoms with Crippen molar-refractivity contribution < 1.29 is 0 Å². The second kappa shape index (κ2) is 9.33. The van der Waals surface area contributed by atoms with E-state index in [1.54, 1.807) is 0 Å². The zero-order valence-electron chi connectivity index (χ0n) is 14.0. The van der Waals surface area contributed by atoms with Crippen LogP contribution in [0.25, 0.3) is 0 Å². The molecule has 0 amide bonds. The van der Waals surface area contributed by atoms with Crippen LogP contribution in [0, 0.1) is 0 Å². The SMILES string of the molecule is CCN(CC)CCNc1nc(NC)nc(N(CC)CC)n1. The van der Waals surface area contributed by atoms with E-state index in [1.807, 2.05) is 7.05 Å². The summed E-state index contributed by atoms with van der Waals surface area (Å²) in [6, 6.07) is 0. The van der Waals surface area contributed by atoms with E-state index < -0.39 is 0 Å². The molecule has 0 unspecified atom stereocenters. The van der Waals surface area contributed by atoms with Crippen molar-refractivity contribution in [3.63, 3.8) is 0 Å². The van der Waals surface area contributed by atoms with Crippen LogP contribution in [-0.4, -0.2) is 66.2 Å². The topological polar surface area (TPSA) is 69.2 Å². The van der Waals surface area contributed by atoms with Crippen molar-refractivity contribution in [3.05, 3.63) is 0 Å². The quantitative estimate of drug-likeness (QED) is 0.678. The molecule has 120 valence electrons. The molecule has 0 atom stereocenters. The number of aromatic nitrogens is 3. The van der Waals surface area contributed by atoms with E-state index in [0.717, 1.165) is 39.3 Å². The van der Waals surface area contributed by atoms with E-state index in [1.165, 1.54) is 0 Å². The highest BCUT2D eigenvalue weighted by Crippen LogP contribution is 2.12. The Morgan fingerprint density at radius 1 is 0.857 bits per heavy atom. The summed E-state index contributed by atoms with van der Waals surface area (Å²) >= 11 is 0. The summed E-state index contributed by atoms with van der Waals surface area (Å²) in [6.07, 6.45) is 0. The molecule has 0 spiro atoms. The molecular weight excluding hydrogens is 266 g/mol. The number of hydrogen-bond acceptors (Lipinski definition) is 7. The van der Waals surface area contributed by atoms with E-state index in [2.05, 4.69) is 63.1 Å². The van der Waals surface area contributed by atoms with Crippen molar-refractivity contribution >= 4 is 17.8 Å². The van der Waals surface area contributed by atoms with Gasteiger partial charge in [-0.25, -0.2) is 0 Å². The van der Waals surface area contributed by atoms with Gasteiger partial charge in [0, 0.05) is 33.2 Å². The molecule has 1 aromatic heterocycles. The fraction of sp³-hybridized carbons (Fsp3) is 0.786. The van der Waals surface area contributed by atoms with Gasteiger partial charge in [0.1, 0.15) is 0 Å². The van der Waals surface area contributed by atoms with Gasteiger partial charge < -0.3 is 20.4 Å². The first-order chi connectivity index (χ1) is 10.2. The Balaban J connectivity index is 2.74. The predicted molar refractivity (Wildman–Crippen MR) is 89.2 cm³/mol. The van der Waals surface area contributed by atoms with Crippen molar-refractivity contribution in [2.45, 2.75) is 27.7 Å². The van der Waals surface area contributed by atoms with E-state index >= 15 is 0 Å². The molecule has 0 aromatic carbocycles. The van der Waals surface area contributed by atoms with Crippen LogP contribution in [0.15, 0.2) is 0 Å². The van der Waals surface area contributed by atoms with Gasteiger partial charge in [0.15, 0.2) is 0 Å². The monoisotopic (exact) mass is 295 g/mol. The van der Waals surface area contributed by atoms with Crippen LogP contribution in [0.1, 0.15) is 27.7 Å². The smallest absolute Gasteiger partial charge is 0.231 e. The van der Waals surface area contributed by atoms with Gasteiger partial charge in [-0.3, -0.25) is 0 Å². The maximum Gasteiger partial charge on any atom is 0.231 e. The highest BCUT2D eigenvalue weighted by molar-refractivity contribution is 5.43. The van der Waals surface area contributed by atoms with Gasteiger partial charge in [-0.1, -0.05) is 13.8 Å². The Morgan fingerprint density at radius 3 is 2.00 bits per heavy atom. The number of anilines is 3. The van der Waals surface area contributed by atoms with Gasteiger partial charge >= 0.3 is 0 Å². The third-order valence-electron chi connectivity index (χ3n) is 3.50. The van der Waals surface area contributed by atoms with E-state index in [4.69, 9.17) is 0 Å². The Bertz CT molecular complexity index is 402. The molecule has 0 saturated carbocycles. The largest absolute Gasteiger partial charge is 0.357 e. The average Bonchev–Trinajstić information content (AvgIpc) is 2.52. The highest BCUT2D eigenvalue weighted by Gasteiger charge is 2.10. The average molecular weight is 295 g/mol. The molecule has 1 heterocycles. The predicted octanol–water partition coefficient (Wildman–Crippen LogP) is 1.51.